The third-order valence-electron chi connectivity index (χ3n) is 4.12. The Balaban J connectivity index is 2.11. The summed E-state index contributed by atoms with van der Waals surface area (Å²) >= 11 is 0. The van der Waals surface area contributed by atoms with Crippen LogP contribution in [0.4, 0.5) is 5.69 Å². The van der Waals surface area contributed by atoms with E-state index in [-0.39, 0.29) is 0 Å². The van der Waals surface area contributed by atoms with Gasteiger partial charge in [0.25, 0.3) is 0 Å². The maximum absolute atomic E-state index is 6.01. The van der Waals surface area contributed by atoms with Gasteiger partial charge in [0.1, 0.15) is 0 Å². The fourth-order valence-corrected chi connectivity index (χ4v) is 3.15. The van der Waals surface area contributed by atoms with Gasteiger partial charge in [-0.2, -0.15) is 0 Å². The van der Waals surface area contributed by atoms with Crippen molar-refractivity contribution in [2.24, 2.45) is 0 Å². The van der Waals surface area contributed by atoms with Crippen LogP contribution in [0.5, 0.6) is 5.88 Å². The Morgan fingerprint density at radius 2 is 2.00 bits per heavy atom. The molecular weight excluding hydrogens is 236 g/mol. The minimum absolute atomic E-state index is 0.522. The zero-order chi connectivity index (χ0) is 13.2. The number of hydrogen-bond donors (Lipinski definition) is 1. The van der Waals surface area contributed by atoms with Crippen LogP contribution in [0, 0.1) is 0 Å². The van der Waals surface area contributed by atoms with Crippen LogP contribution in [0.1, 0.15) is 43.6 Å². The molecular formula is C16H20N2O. The third-order valence-corrected chi connectivity index (χ3v) is 4.12. The molecule has 1 aliphatic rings. The van der Waals surface area contributed by atoms with Crippen molar-refractivity contribution in [3.05, 3.63) is 29.8 Å². The summed E-state index contributed by atoms with van der Waals surface area (Å²) < 4.78 is 5.20. The molecule has 0 amide bonds. The number of hydrogen-bond acceptors (Lipinski definition) is 3. The summed E-state index contributed by atoms with van der Waals surface area (Å²) in [6, 6.07) is 8.37. The minimum Gasteiger partial charge on any atom is -0.480 e. The number of methoxy groups -OCH3 is 1. The summed E-state index contributed by atoms with van der Waals surface area (Å²) in [6.45, 7) is 0. The lowest BCUT2D eigenvalue weighted by molar-refractivity contribution is 0.402. The van der Waals surface area contributed by atoms with Crippen LogP contribution in [0.2, 0.25) is 0 Å². The van der Waals surface area contributed by atoms with E-state index in [1.54, 1.807) is 7.11 Å². The molecule has 1 aliphatic carbocycles. The van der Waals surface area contributed by atoms with Crippen molar-refractivity contribution >= 4 is 16.6 Å². The third kappa shape index (κ3) is 2.25. The average molecular weight is 256 g/mol. The average Bonchev–Trinajstić information content (AvgIpc) is 2.47. The first-order valence-electron chi connectivity index (χ1n) is 7.02. The molecule has 0 unspecified atom stereocenters. The van der Waals surface area contributed by atoms with Crippen molar-refractivity contribution in [1.82, 2.24) is 4.98 Å². The van der Waals surface area contributed by atoms with Gasteiger partial charge in [0.15, 0.2) is 0 Å². The molecule has 0 radical (unpaired) electrons. The molecule has 1 fully saturated rings. The normalized spacial score (nSPS) is 16.7. The Bertz CT molecular complexity index is 589. The number of benzene rings is 1. The largest absolute Gasteiger partial charge is 0.480 e. The molecule has 1 aromatic heterocycles. The van der Waals surface area contributed by atoms with Crippen LogP contribution in [0.3, 0.4) is 0 Å². The van der Waals surface area contributed by atoms with Crippen LogP contribution in [0.25, 0.3) is 10.9 Å². The molecule has 1 aromatic carbocycles. The first kappa shape index (κ1) is 12.3. The van der Waals surface area contributed by atoms with Gasteiger partial charge < -0.3 is 10.5 Å². The molecule has 100 valence electrons. The number of pyridine rings is 1. The predicted octanol–water partition coefficient (Wildman–Crippen LogP) is 3.87. The number of anilines is 1. The number of nitrogens with two attached hydrogens (primary N) is 1. The van der Waals surface area contributed by atoms with E-state index in [9.17, 15) is 0 Å². The van der Waals surface area contributed by atoms with Crippen molar-refractivity contribution in [3.63, 3.8) is 0 Å². The highest BCUT2D eigenvalue weighted by Crippen LogP contribution is 2.37. The summed E-state index contributed by atoms with van der Waals surface area (Å²) in [5.41, 5.74) is 9.01. The van der Waals surface area contributed by atoms with E-state index in [2.05, 4.69) is 17.1 Å². The predicted molar refractivity (Wildman–Crippen MR) is 78.5 cm³/mol. The van der Waals surface area contributed by atoms with Gasteiger partial charge in [-0.05, 0) is 36.5 Å². The lowest BCUT2D eigenvalue weighted by Crippen LogP contribution is -2.06. The van der Waals surface area contributed by atoms with Crippen molar-refractivity contribution < 1.29 is 4.74 Å². The monoisotopic (exact) mass is 256 g/mol. The molecule has 3 heteroatoms. The first-order valence-corrected chi connectivity index (χ1v) is 7.02. The lowest BCUT2D eigenvalue weighted by atomic mass is 9.82. The van der Waals surface area contributed by atoms with Gasteiger partial charge in [-0.25, -0.2) is 4.98 Å². The molecule has 0 spiro atoms. The number of nitrogen functional groups attached to an aromatic ring is 1. The number of ether oxygens (including phenoxy) is 1. The molecule has 3 nitrogen and oxygen atoms in total. The Hall–Kier alpha value is -1.77. The van der Waals surface area contributed by atoms with Crippen LogP contribution in [-0.4, -0.2) is 12.1 Å². The van der Waals surface area contributed by atoms with Crippen molar-refractivity contribution in [1.29, 1.82) is 0 Å². The van der Waals surface area contributed by atoms with E-state index in [0.29, 0.717) is 17.5 Å². The molecule has 0 bridgehead atoms. The quantitative estimate of drug-likeness (QED) is 0.887. The summed E-state index contributed by atoms with van der Waals surface area (Å²) in [6.07, 6.45) is 6.60. The van der Waals surface area contributed by atoms with Gasteiger partial charge in [-0.15, -0.1) is 0 Å². The van der Waals surface area contributed by atoms with Crippen molar-refractivity contribution in [2.75, 3.05) is 12.8 Å². The Morgan fingerprint density at radius 3 is 2.74 bits per heavy atom. The number of fused-ring (bicyclic) bond motifs is 1. The molecule has 0 saturated heterocycles. The molecule has 0 aliphatic heterocycles. The lowest BCUT2D eigenvalue weighted by Gasteiger charge is -2.23. The molecule has 3 rings (SSSR count). The topological polar surface area (TPSA) is 48.1 Å². The van der Waals surface area contributed by atoms with E-state index in [1.807, 2.05) is 12.1 Å². The van der Waals surface area contributed by atoms with Crippen LogP contribution in [0.15, 0.2) is 24.3 Å². The zero-order valence-electron chi connectivity index (χ0n) is 11.4. The Morgan fingerprint density at radius 1 is 1.21 bits per heavy atom. The van der Waals surface area contributed by atoms with E-state index in [0.717, 1.165) is 5.52 Å². The maximum Gasteiger partial charge on any atom is 0.237 e. The fourth-order valence-electron chi connectivity index (χ4n) is 3.15. The SMILES string of the molecule is COc1nc2cccc(C3CCCCC3)c2cc1N. The summed E-state index contributed by atoms with van der Waals surface area (Å²) in [5, 5.41) is 1.19. The molecule has 1 heterocycles. The number of aromatic nitrogens is 1. The minimum atomic E-state index is 0.522. The summed E-state index contributed by atoms with van der Waals surface area (Å²) in [4.78, 5) is 4.50. The van der Waals surface area contributed by atoms with Gasteiger partial charge in [-0.1, -0.05) is 31.4 Å². The van der Waals surface area contributed by atoms with Crippen LogP contribution >= 0.6 is 0 Å². The van der Waals surface area contributed by atoms with E-state index in [4.69, 9.17) is 10.5 Å². The number of nitrogens with zero attached hydrogens (tertiary/aromatic N) is 1. The molecule has 1 saturated carbocycles. The highest BCUT2D eigenvalue weighted by atomic mass is 16.5. The zero-order valence-corrected chi connectivity index (χ0v) is 11.4. The standard InChI is InChI=1S/C16H20N2O/c1-19-16-14(17)10-13-12(8-5-9-15(13)18-16)11-6-3-2-4-7-11/h5,8-11H,2-4,6-7,17H2,1H3. The molecule has 0 atom stereocenters. The van der Waals surface area contributed by atoms with E-state index >= 15 is 0 Å². The molecule has 2 aromatic rings. The van der Waals surface area contributed by atoms with Gasteiger partial charge in [-0.3, -0.25) is 0 Å². The second kappa shape index (κ2) is 5.08. The summed E-state index contributed by atoms with van der Waals surface area (Å²) in [7, 11) is 1.61. The van der Waals surface area contributed by atoms with Crippen LogP contribution in [-0.2, 0) is 0 Å². The Kier molecular flexibility index (Phi) is 3.28. The fraction of sp³-hybridized carbons (Fsp3) is 0.438. The summed E-state index contributed by atoms with van der Waals surface area (Å²) in [5.74, 6) is 1.18. The van der Waals surface area contributed by atoms with Gasteiger partial charge in [0, 0.05) is 5.39 Å². The highest BCUT2D eigenvalue weighted by molar-refractivity contribution is 5.86. The molecule has 2 N–H and O–H groups in total. The smallest absolute Gasteiger partial charge is 0.237 e. The highest BCUT2D eigenvalue weighted by Gasteiger charge is 2.18. The Labute approximate surface area is 113 Å². The first-order chi connectivity index (χ1) is 9.29. The second-order valence-corrected chi connectivity index (χ2v) is 5.34. The van der Waals surface area contributed by atoms with Crippen molar-refractivity contribution in [3.8, 4) is 5.88 Å². The van der Waals surface area contributed by atoms with Crippen molar-refractivity contribution in [2.45, 2.75) is 38.0 Å². The van der Waals surface area contributed by atoms with Gasteiger partial charge >= 0.3 is 0 Å². The van der Waals surface area contributed by atoms with Gasteiger partial charge in [0.05, 0.1) is 18.3 Å². The second-order valence-electron chi connectivity index (χ2n) is 5.34. The number of rotatable bonds is 2. The maximum atomic E-state index is 6.01. The van der Waals surface area contributed by atoms with Gasteiger partial charge in [0.2, 0.25) is 5.88 Å². The van der Waals surface area contributed by atoms with E-state index < -0.39 is 0 Å². The van der Waals surface area contributed by atoms with E-state index in [1.165, 1.54) is 43.1 Å². The van der Waals surface area contributed by atoms with Crippen LogP contribution < -0.4 is 10.5 Å². The molecule has 19 heavy (non-hydrogen) atoms.